The van der Waals surface area contributed by atoms with Gasteiger partial charge < -0.3 is 5.11 Å². The molecule has 0 fully saturated rings. The van der Waals surface area contributed by atoms with E-state index in [1.165, 1.54) is 0 Å². The van der Waals surface area contributed by atoms with Gasteiger partial charge >= 0.3 is 0 Å². The van der Waals surface area contributed by atoms with E-state index >= 15 is 0 Å². The van der Waals surface area contributed by atoms with E-state index in [2.05, 4.69) is 9.69 Å². The Kier molecular flexibility index (Phi) is 4.82. The molecule has 6 heteroatoms. The predicted octanol–water partition coefficient (Wildman–Crippen LogP) is 6.87. The van der Waals surface area contributed by atoms with Crippen LogP contribution in [0.5, 0.6) is 5.75 Å². The SMILES string of the molecule is [C-]#[N+]c1ccc(-c2nc3c(c(C)nn3-c3ccccc3)c(-c3ccccc3O)c2[N+]#[C-])cc1. The molecule has 1 N–H and O–H groups in total. The smallest absolute Gasteiger partial charge is 0.221 e. The number of aryl methyl sites for hydroxylation is 1. The van der Waals surface area contributed by atoms with Crippen molar-refractivity contribution in [1.82, 2.24) is 14.8 Å². The van der Waals surface area contributed by atoms with Gasteiger partial charge in [0.25, 0.3) is 0 Å². The van der Waals surface area contributed by atoms with Gasteiger partial charge in [0.05, 0.1) is 30.2 Å². The highest BCUT2D eigenvalue weighted by Crippen LogP contribution is 2.46. The van der Waals surface area contributed by atoms with Crippen LogP contribution in [0.25, 0.3) is 48.8 Å². The fraction of sp³-hybridized carbons (Fsp3) is 0.0370. The van der Waals surface area contributed by atoms with E-state index in [9.17, 15) is 5.11 Å². The first-order valence-corrected chi connectivity index (χ1v) is 10.2. The molecule has 3 aromatic carbocycles. The van der Waals surface area contributed by atoms with Gasteiger partial charge in [0.2, 0.25) is 5.69 Å². The van der Waals surface area contributed by atoms with Crippen LogP contribution < -0.4 is 0 Å². The van der Waals surface area contributed by atoms with Gasteiger partial charge in [-0.2, -0.15) is 5.10 Å². The lowest BCUT2D eigenvalue weighted by Crippen LogP contribution is -1.99. The number of phenols is 1. The maximum absolute atomic E-state index is 10.7. The number of hydrogen-bond donors (Lipinski definition) is 1. The number of benzene rings is 3. The summed E-state index contributed by atoms with van der Waals surface area (Å²) in [5.74, 6) is 0.0797. The van der Waals surface area contributed by atoms with E-state index in [0.29, 0.717) is 50.5 Å². The van der Waals surface area contributed by atoms with Crippen molar-refractivity contribution >= 4 is 22.4 Å². The Morgan fingerprint density at radius 1 is 0.848 bits per heavy atom. The van der Waals surface area contributed by atoms with Crippen molar-refractivity contribution in [2.24, 2.45) is 0 Å². The van der Waals surface area contributed by atoms with E-state index in [1.54, 1.807) is 47.1 Å². The summed E-state index contributed by atoms with van der Waals surface area (Å²) in [5.41, 5.74) is 5.31. The van der Waals surface area contributed by atoms with Crippen LogP contribution in [0.4, 0.5) is 11.4 Å². The minimum absolute atomic E-state index is 0.0797. The van der Waals surface area contributed by atoms with Gasteiger partial charge in [-0.3, -0.25) is 0 Å². The first-order valence-electron chi connectivity index (χ1n) is 10.2. The summed E-state index contributed by atoms with van der Waals surface area (Å²) in [4.78, 5) is 12.2. The minimum atomic E-state index is 0.0797. The van der Waals surface area contributed by atoms with E-state index in [-0.39, 0.29) is 5.75 Å². The maximum atomic E-state index is 10.7. The normalized spacial score (nSPS) is 10.6. The second-order valence-electron chi connectivity index (χ2n) is 7.50. The highest BCUT2D eigenvalue weighted by atomic mass is 16.3. The first-order chi connectivity index (χ1) is 16.1. The first kappa shape index (κ1) is 20.0. The molecule has 0 amide bonds. The lowest BCUT2D eigenvalue weighted by atomic mass is 9.96. The molecule has 0 aliphatic carbocycles. The molecule has 0 radical (unpaired) electrons. The summed E-state index contributed by atoms with van der Waals surface area (Å²) in [6.45, 7) is 17.1. The summed E-state index contributed by atoms with van der Waals surface area (Å²) in [7, 11) is 0. The number of aromatic nitrogens is 3. The number of pyridine rings is 1. The molecule has 6 nitrogen and oxygen atoms in total. The van der Waals surface area contributed by atoms with Crippen molar-refractivity contribution in [1.29, 1.82) is 0 Å². The van der Waals surface area contributed by atoms with Crippen molar-refractivity contribution in [2.75, 3.05) is 0 Å². The lowest BCUT2D eigenvalue weighted by Gasteiger charge is -2.14. The Labute approximate surface area is 190 Å². The van der Waals surface area contributed by atoms with E-state index in [4.69, 9.17) is 23.2 Å². The standard InChI is InChI=1S/C27H17N5O/c1-17-23-24(21-11-7-8-12-22(21)33)26(29-3)25(18-13-15-19(28-2)16-14-18)30-27(23)32(31-17)20-9-5-4-6-10-20/h4-16,33H,1H3. The second kappa shape index (κ2) is 7.96. The third-order valence-corrected chi connectivity index (χ3v) is 5.52. The number of hydrogen-bond acceptors (Lipinski definition) is 3. The van der Waals surface area contributed by atoms with Crippen LogP contribution in [-0.2, 0) is 0 Å². The number of para-hydroxylation sites is 2. The monoisotopic (exact) mass is 427 g/mol. The fourth-order valence-corrected chi connectivity index (χ4v) is 4.01. The van der Waals surface area contributed by atoms with Crippen LogP contribution in [-0.4, -0.2) is 19.9 Å². The second-order valence-corrected chi connectivity index (χ2v) is 7.50. The van der Waals surface area contributed by atoms with Crippen LogP contribution in [0.15, 0.2) is 78.9 Å². The predicted molar refractivity (Wildman–Crippen MR) is 129 cm³/mol. The molecule has 0 bridgehead atoms. The number of fused-ring (bicyclic) bond motifs is 1. The summed E-state index contributed by atoms with van der Waals surface area (Å²) >= 11 is 0. The summed E-state index contributed by atoms with van der Waals surface area (Å²) in [6, 6.07) is 23.7. The third kappa shape index (κ3) is 3.27. The molecule has 5 aromatic rings. The van der Waals surface area contributed by atoms with Crippen LogP contribution in [0, 0.1) is 20.1 Å². The molecule has 0 aliphatic rings. The van der Waals surface area contributed by atoms with Gasteiger partial charge in [0, 0.05) is 16.5 Å². The highest BCUT2D eigenvalue weighted by molar-refractivity contribution is 6.07. The van der Waals surface area contributed by atoms with Crippen molar-refractivity contribution in [2.45, 2.75) is 6.92 Å². The van der Waals surface area contributed by atoms with E-state index in [0.717, 1.165) is 5.69 Å². The van der Waals surface area contributed by atoms with Gasteiger partial charge in [-0.1, -0.05) is 60.7 Å². The maximum Gasteiger partial charge on any atom is 0.221 e. The molecule has 0 saturated carbocycles. The van der Waals surface area contributed by atoms with Crippen molar-refractivity contribution < 1.29 is 5.11 Å². The number of phenolic OH excluding ortho intramolecular Hbond substituents is 1. The van der Waals surface area contributed by atoms with Crippen LogP contribution >= 0.6 is 0 Å². The molecule has 0 unspecified atom stereocenters. The Morgan fingerprint density at radius 3 is 2.21 bits per heavy atom. The average Bonchev–Trinajstić information content (AvgIpc) is 3.20. The van der Waals surface area contributed by atoms with Gasteiger partial charge in [-0.15, -0.1) is 0 Å². The number of aromatic hydroxyl groups is 1. The van der Waals surface area contributed by atoms with Gasteiger partial charge in [0.1, 0.15) is 5.75 Å². The molecule has 5 rings (SSSR count). The van der Waals surface area contributed by atoms with Gasteiger partial charge in [-0.05, 0) is 30.7 Å². The Balaban J connectivity index is 1.94. The zero-order valence-electron chi connectivity index (χ0n) is 17.7. The van der Waals surface area contributed by atoms with Crippen LogP contribution in [0.2, 0.25) is 0 Å². The summed E-state index contributed by atoms with van der Waals surface area (Å²) in [5, 5.41) is 16.2. The molecule has 2 heterocycles. The van der Waals surface area contributed by atoms with E-state index in [1.807, 2.05) is 43.3 Å². The Hall–Kier alpha value is -4.94. The van der Waals surface area contributed by atoms with Crippen molar-refractivity contribution in [3.63, 3.8) is 0 Å². The number of rotatable bonds is 3. The number of nitrogens with zero attached hydrogens (tertiary/aromatic N) is 5. The van der Waals surface area contributed by atoms with Crippen molar-refractivity contribution in [3.05, 3.63) is 107 Å². The fourth-order valence-electron chi connectivity index (χ4n) is 4.01. The van der Waals surface area contributed by atoms with Gasteiger partial charge in [0.15, 0.2) is 11.3 Å². The van der Waals surface area contributed by atoms with Crippen LogP contribution in [0.1, 0.15) is 5.69 Å². The molecular formula is C27H17N5O. The molecule has 0 spiro atoms. The van der Waals surface area contributed by atoms with Gasteiger partial charge in [-0.25, -0.2) is 19.4 Å². The third-order valence-electron chi connectivity index (χ3n) is 5.52. The molecule has 0 aliphatic heterocycles. The Morgan fingerprint density at radius 2 is 1.55 bits per heavy atom. The van der Waals surface area contributed by atoms with E-state index < -0.39 is 0 Å². The van der Waals surface area contributed by atoms with Crippen LogP contribution in [0.3, 0.4) is 0 Å². The molecule has 0 atom stereocenters. The quantitative estimate of drug-likeness (QED) is 0.320. The molecule has 156 valence electrons. The molecular weight excluding hydrogens is 410 g/mol. The summed E-state index contributed by atoms with van der Waals surface area (Å²) < 4.78 is 1.76. The topological polar surface area (TPSA) is 59.7 Å². The zero-order valence-corrected chi connectivity index (χ0v) is 17.7. The largest absolute Gasteiger partial charge is 0.507 e. The zero-order chi connectivity index (χ0) is 22.9. The average molecular weight is 427 g/mol. The minimum Gasteiger partial charge on any atom is -0.507 e. The molecule has 2 aromatic heterocycles. The Bertz CT molecular complexity index is 1590. The highest BCUT2D eigenvalue weighted by Gasteiger charge is 2.24. The molecule has 0 saturated heterocycles. The van der Waals surface area contributed by atoms with Crippen molar-refractivity contribution in [3.8, 4) is 33.8 Å². The lowest BCUT2D eigenvalue weighted by molar-refractivity contribution is 0.477. The molecule has 33 heavy (non-hydrogen) atoms. The summed E-state index contributed by atoms with van der Waals surface area (Å²) in [6.07, 6.45) is 0.